The Morgan fingerprint density at radius 3 is 2.60 bits per heavy atom. The van der Waals surface area contributed by atoms with E-state index < -0.39 is 0 Å². The van der Waals surface area contributed by atoms with Gasteiger partial charge in [0.2, 0.25) is 0 Å². The third kappa shape index (κ3) is 3.61. The Labute approximate surface area is 90.9 Å². The number of hydrogen-bond donors (Lipinski definition) is 1. The number of rotatable bonds is 4. The van der Waals surface area contributed by atoms with Gasteiger partial charge in [-0.3, -0.25) is 0 Å². The molecule has 0 amide bonds. The summed E-state index contributed by atoms with van der Waals surface area (Å²) in [5.41, 5.74) is 8.02. The topological polar surface area (TPSA) is 29.3 Å². The van der Waals surface area contributed by atoms with Gasteiger partial charge in [0.05, 0.1) is 0 Å². The van der Waals surface area contributed by atoms with Crippen molar-refractivity contribution in [3.05, 3.63) is 35.1 Å². The molecular weight excluding hydrogens is 191 g/mol. The summed E-state index contributed by atoms with van der Waals surface area (Å²) in [5.74, 6) is -0.198. The van der Waals surface area contributed by atoms with Crippen LogP contribution in [0.4, 0.5) is 4.39 Å². The van der Waals surface area contributed by atoms with Gasteiger partial charge in [-0.25, -0.2) is 4.39 Å². The van der Waals surface area contributed by atoms with E-state index in [0.717, 1.165) is 24.1 Å². The van der Waals surface area contributed by atoms with Crippen molar-refractivity contribution >= 4 is 0 Å². The van der Waals surface area contributed by atoms with Gasteiger partial charge < -0.3 is 10.6 Å². The van der Waals surface area contributed by atoms with Crippen molar-refractivity contribution in [1.82, 2.24) is 4.90 Å². The Morgan fingerprint density at radius 2 is 2.07 bits per heavy atom. The summed E-state index contributed by atoms with van der Waals surface area (Å²) < 4.78 is 12.9. The highest BCUT2D eigenvalue weighted by Crippen LogP contribution is 2.19. The van der Waals surface area contributed by atoms with Gasteiger partial charge in [-0.1, -0.05) is 6.07 Å². The fraction of sp³-hybridized carbons (Fsp3) is 0.500. The lowest BCUT2D eigenvalue weighted by molar-refractivity contribution is 0.382. The van der Waals surface area contributed by atoms with Crippen molar-refractivity contribution in [3.63, 3.8) is 0 Å². The zero-order valence-electron chi connectivity index (χ0n) is 9.63. The first-order valence-corrected chi connectivity index (χ1v) is 5.17. The molecule has 1 rings (SSSR count). The Bertz CT molecular complexity index is 323. The smallest absolute Gasteiger partial charge is 0.123 e. The van der Waals surface area contributed by atoms with Crippen LogP contribution in [-0.2, 0) is 0 Å². The van der Waals surface area contributed by atoms with Crippen molar-refractivity contribution < 1.29 is 4.39 Å². The number of aryl methyl sites for hydroxylation is 1. The molecule has 1 aromatic carbocycles. The molecule has 2 N–H and O–H groups in total. The van der Waals surface area contributed by atoms with E-state index in [1.54, 1.807) is 6.07 Å². The molecule has 0 radical (unpaired) electrons. The van der Waals surface area contributed by atoms with Crippen LogP contribution in [0.3, 0.4) is 0 Å². The van der Waals surface area contributed by atoms with Crippen LogP contribution in [0.15, 0.2) is 18.2 Å². The summed E-state index contributed by atoms with van der Waals surface area (Å²) in [7, 11) is 4.04. The van der Waals surface area contributed by atoms with Crippen molar-refractivity contribution in [2.45, 2.75) is 19.4 Å². The first kappa shape index (κ1) is 12.1. The van der Waals surface area contributed by atoms with Crippen LogP contribution in [0.25, 0.3) is 0 Å². The predicted octanol–water partition coefficient (Wildman–Crippen LogP) is 2.09. The van der Waals surface area contributed by atoms with Crippen LogP contribution in [0.5, 0.6) is 0 Å². The molecule has 1 aromatic rings. The van der Waals surface area contributed by atoms with Crippen LogP contribution in [0, 0.1) is 12.7 Å². The summed E-state index contributed by atoms with van der Waals surface area (Å²) in [4.78, 5) is 2.10. The largest absolute Gasteiger partial charge is 0.324 e. The van der Waals surface area contributed by atoms with Crippen molar-refractivity contribution in [2.75, 3.05) is 20.6 Å². The molecule has 1 unspecified atom stereocenters. The Hall–Kier alpha value is -0.930. The highest BCUT2D eigenvalue weighted by Gasteiger charge is 2.09. The lowest BCUT2D eigenvalue weighted by Crippen LogP contribution is -2.20. The SMILES string of the molecule is Cc1cc(F)ccc1C(N)CCN(C)C. The van der Waals surface area contributed by atoms with Crippen LogP contribution < -0.4 is 5.73 Å². The Morgan fingerprint density at radius 1 is 1.40 bits per heavy atom. The highest BCUT2D eigenvalue weighted by molar-refractivity contribution is 5.29. The van der Waals surface area contributed by atoms with Crippen molar-refractivity contribution in [3.8, 4) is 0 Å². The standard InChI is InChI=1S/C12H19FN2/c1-9-8-10(13)4-5-11(9)12(14)6-7-15(2)3/h4-5,8,12H,6-7,14H2,1-3H3. The molecular formula is C12H19FN2. The van der Waals surface area contributed by atoms with E-state index >= 15 is 0 Å². The van der Waals surface area contributed by atoms with Gasteiger partial charge in [-0.2, -0.15) is 0 Å². The average Bonchev–Trinajstić information content (AvgIpc) is 2.14. The molecule has 0 saturated carbocycles. The van der Waals surface area contributed by atoms with Crippen molar-refractivity contribution in [2.24, 2.45) is 5.73 Å². The lowest BCUT2D eigenvalue weighted by atomic mass is 9.99. The van der Waals surface area contributed by atoms with Crippen LogP contribution in [0.1, 0.15) is 23.6 Å². The molecule has 0 fully saturated rings. The molecule has 0 spiro atoms. The fourth-order valence-corrected chi connectivity index (χ4v) is 1.61. The minimum absolute atomic E-state index is 0.00648. The number of benzene rings is 1. The number of nitrogens with two attached hydrogens (primary N) is 1. The second kappa shape index (κ2) is 5.24. The van der Waals surface area contributed by atoms with Gasteiger partial charge >= 0.3 is 0 Å². The predicted molar refractivity (Wildman–Crippen MR) is 61.2 cm³/mol. The quantitative estimate of drug-likeness (QED) is 0.824. The molecule has 1 atom stereocenters. The molecule has 0 aromatic heterocycles. The molecule has 84 valence electrons. The number of halogens is 1. The molecule has 0 aliphatic rings. The number of nitrogens with zero attached hydrogens (tertiary/aromatic N) is 1. The van der Waals surface area contributed by atoms with Gasteiger partial charge in [0.15, 0.2) is 0 Å². The van der Waals surface area contributed by atoms with Crippen LogP contribution in [0.2, 0.25) is 0 Å². The molecule has 0 heterocycles. The van der Waals surface area contributed by atoms with E-state index in [1.165, 1.54) is 12.1 Å². The molecule has 3 heteroatoms. The zero-order chi connectivity index (χ0) is 11.4. The maximum Gasteiger partial charge on any atom is 0.123 e. The highest BCUT2D eigenvalue weighted by atomic mass is 19.1. The summed E-state index contributed by atoms with van der Waals surface area (Å²) in [6.45, 7) is 2.84. The summed E-state index contributed by atoms with van der Waals surface area (Å²) in [5, 5.41) is 0. The van der Waals surface area contributed by atoms with Gasteiger partial charge in [0.25, 0.3) is 0 Å². The third-order valence-corrected chi connectivity index (χ3v) is 2.52. The molecule has 0 saturated heterocycles. The van der Waals surface area contributed by atoms with Gasteiger partial charge in [0.1, 0.15) is 5.82 Å². The fourth-order valence-electron chi connectivity index (χ4n) is 1.61. The first-order valence-electron chi connectivity index (χ1n) is 5.17. The normalized spacial score (nSPS) is 13.2. The lowest BCUT2D eigenvalue weighted by Gasteiger charge is -2.17. The molecule has 0 aliphatic carbocycles. The van der Waals surface area contributed by atoms with Crippen LogP contribution in [-0.4, -0.2) is 25.5 Å². The van der Waals surface area contributed by atoms with E-state index in [0.29, 0.717) is 0 Å². The van der Waals surface area contributed by atoms with E-state index in [9.17, 15) is 4.39 Å². The molecule has 0 aliphatic heterocycles. The minimum atomic E-state index is -0.198. The second-order valence-corrected chi connectivity index (χ2v) is 4.20. The second-order valence-electron chi connectivity index (χ2n) is 4.20. The average molecular weight is 210 g/mol. The summed E-state index contributed by atoms with van der Waals surface area (Å²) in [6.07, 6.45) is 0.888. The van der Waals surface area contributed by atoms with Gasteiger partial charge in [-0.15, -0.1) is 0 Å². The molecule has 2 nitrogen and oxygen atoms in total. The van der Waals surface area contributed by atoms with Gasteiger partial charge in [-0.05, 0) is 57.2 Å². The Balaban J connectivity index is 2.69. The molecule has 15 heavy (non-hydrogen) atoms. The van der Waals surface area contributed by atoms with Crippen LogP contribution >= 0.6 is 0 Å². The van der Waals surface area contributed by atoms with E-state index in [2.05, 4.69) is 4.90 Å². The maximum absolute atomic E-state index is 12.9. The summed E-state index contributed by atoms with van der Waals surface area (Å²) >= 11 is 0. The minimum Gasteiger partial charge on any atom is -0.324 e. The maximum atomic E-state index is 12.9. The van der Waals surface area contributed by atoms with E-state index in [1.807, 2.05) is 21.0 Å². The van der Waals surface area contributed by atoms with E-state index in [-0.39, 0.29) is 11.9 Å². The van der Waals surface area contributed by atoms with Crippen molar-refractivity contribution in [1.29, 1.82) is 0 Å². The Kier molecular flexibility index (Phi) is 4.24. The van der Waals surface area contributed by atoms with Gasteiger partial charge in [0, 0.05) is 6.04 Å². The van der Waals surface area contributed by atoms with E-state index in [4.69, 9.17) is 5.73 Å². The first-order chi connectivity index (χ1) is 7.00. The summed E-state index contributed by atoms with van der Waals surface area (Å²) in [6, 6.07) is 4.78. The third-order valence-electron chi connectivity index (χ3n) is 2.52. The monoisotopic (exact) mass is 210 g/mol. The zero-order valence-corrected chi connectivity index (χ0v) is 9.63. The number of hydrogen-bond acceptors (Lipinski definition) is 2. The molecule has 0 bridgehead atoms.